The highest BCUT2D eigenvalue weighted by molar-refractivity contribution is 8.18. The number of nitrogens with two attached hydrogens (primary N) is 1. The lowest BCUT2D eigenvalue weighted by Gasteiger charge is -2.09. The molecule has 3 rings (SSSR count). The molecule has 0 radical (unpaired) electrons. The van der Waals surface area contributed by atoms with E-state index < -0.39 is 0 Å². The molecule has 0 bridgehead atoms. The molecule has 1 aliphatic heterocycles. The Labute approximate surface area is 154 Å². The third kappa shape index (κ3) is 4.78. The van der Waals surface area contributed by atoms with Crippen molar-refractivity contribution >= 4 is 40.5 Å². The van der Waals surface area contributed by atoms with E-state index in [1.807, 2.05) is 36.4 Å². The summed E-state index contributed by atoms with van der Waals surface area (Å²) in [6.07, 6.45) is 1.74. The van der Waals surface area contributed by atoms with E-state index in [9.17, 15) is 4.79 Å². The van der Waals surface area contributed by atoms with Crippen molar-refractivity contribution in [3.63, 3.8) is 0 Å². The molecule has 0 saturated heterocycles. The lowest BCUT2D eigenvalue weighted by molar-refractivity contribution is -0.113. The van der Waals surface area contributed by atoms with E-state index in [4.69, 9.17) is 26.8 Å². The molecule has 2 N–H and O–H groups in total. The van der Waals surface area contributed by atoms with Crippen LogP contribution in [-0.4, -0.2) is 24.3 Å². The Bertz CT molecular complexity index is 852. The number of aliphatic imine (C=N–C) groups is 1. The molecule has 25 heavy (non-hydrogen) atoms. The van der Waals surface area contributed by atoms with Crippen LogP contribution in [0.4, 0.5) is 0 Å². The van der Waals surface area contributed by atoms with Crippen LogP contribution in [0.25, 0.3) is 6.08 Å². The van der Waals surface area contributed by atoms with Crippen molar-refractivity contribution in [3.8, 4) is 11.5 Å². The van der Waals surface area contributed by atoms with Crippen LogP contribution in [0.5, 0.6) is 11.5 Å². The van der Waals surface area contributed by atoms with Gasteiger partial charge in [0.25, 0.3) is 5.91 Å². The standard InChI is InChI=1S/C18H15ClN2O3S/c19-14-6-1-2-7-15(14)24-9-8-23-13-5-3-4-12(10-13)11-16-17(22)21-18(20)25-16/h1-7,10-11H,8-9H2,(H2,20,21,22)/b16-11+. The lowest BCUT2D eigenvalue weighted by Crippen LogP contribution is -2.09. The number of para-hydroxylation sites is 1. The van der Waals surface area contributed by atoms with E-state index >= 15 is 0 Å². The maximum absolute atomic E-state index is 11.6. The fourth-order valence-corrected chi connectivity index (χ4v) is 3.02. The van der Waals surface area contributed by atoms with Gasteiger partial charge in [0.05, 0.1) is 9.93 Å². The van der Waals surface area contributed by atoms with Crippen LogP contribution in [0.3, 0.4) is 0 Å². The van der Waals surface area contributed by atoms with Crippen molar-refractivity contribution in [3.05, 3.63) is 64.0 Å². The molecule has 1 heterocycles. The molecule has 7 heteroatoms. The summed E-state index contributed by atoms with van der Waals surface area (Å²) in [6, 6.07) is 14.7. The molecular formula is C18H15ClN2O3S. The molecule has 0 fully saturated rings. The number of rotatable bonds is 6. The number of thioether (sulfide) groups is 1. The first-order valence-corrected chi connectivity index (χ1v) is 8.69. The quantitative estimate of drug-likeness (QED) is 0.616. The number of halogens is 1. The number of nitrogens with zero attached hydrogens (tertiary/aromatic N) is 1. The van der Waals surface area contributed by atoms with Crippen LogP contribution in [-0.2, 0) is 4.79 Å². The van der Waals surface area contributed by atoms with Crippen molar-refractivity contribution < 1.29 is 14.3 Å². The van der Waals surface area contributed by atoms with E-state index in [2.05, 4.69) is 4.99 Å². The zero-order valence-corrected chi connectivity index (χ0v) is 14.7. The molecule has 0 atom stereocenters. The van der Waals surface area contributed by atoms with Gasteiger partial charge in [-0.1, -0.05) is 35.9 Å². The number of hydrogen-bond donors (Lipinski definition) is 1. The van der Waals surface area contributed by atoms with Crippen molar-refractivity contribution in [2.24, 2.45) is 10.7 Å². The van der Waals surface area contributed by atoms with Crippen LogP contribution in [0.2, 0.25) is 5.02 Å². The Morgan fingerprint density at radius 1 is 1.12 bits per heavy atom. The normalized spacial score (nSPS) is 15.3. The summed E-state index contributed by atoms with van der Waals surface area (Å²) in [7, 11) is 0. The van der Waals surface area contributed by atoms with Gasteiger partial charge in [-0.2, -0.15) is 4.99 Å². The number of hydrogen-bond acceptors (Lipinski definition) is 5. The van der Waals surface area contributed by atoms with Gasteiger partial charge in [0.2, 0.25) is 0 Å². The fourth-order valence-electron chi connectivity index (χ4n) is 2.14. The first-order valence-electron chi connectivity index (χ1n) is 7.50. The second-order valence-electron chi connectivity index (χ2n) is 5.07. The van der Waals surface area contributed by atoms with E-state index in [0.29, 0.717) is 34.6 Å². The second kappa shape index (κ2) is 8.09. The Kier molecular flexibility index (Phi) is 5.63. The van der Waals surface area contributed by atoms with Crippen LogP contribution in [0.15, 0.2) is 58.4 Å². The second-order valence-corrected chi connectivity index (χ2v) is 6.54. The molecule has 5 nitrogen and oxygen atoms in total. The highest BCUT2D eigenvalue weighted by Crippen LogP contribution is 2.27. The van der Waals surface area contributed by atoms with Gasteiger partial charge in [-0.15, -0.1) is 0 Å². The first kappa shape index (κ1) is 17.4. The predicted octanol–water partition coefficient (Wildman–Crippen LogP) is 3.73. The van der Waals surface area contributed by atoms with Crippen molar-refractivity contribution in [1.29, 1.82) is 0 Å². The zero-order chi connectivity index (χ0) is 17.6. The Morgan fingerprint density at radius 3 is 2.68 bits per heavy atom. The van der Waals surface area contributed by atoms with Crippen LogP contribution < -0.4 is 15.2 Å². The van der Waals surface area contributed by atoms with Crippen molar-refractivity contribution in [2.45, 2.75) is 0 Å². The van der Waals surface area contributed by atoms with Gasteiger partial charge in [0.1, 0.15) is 24.7 Å². The SMILES string of the molecule is NC1=NC(=O)/C(=C\c2cccc(OCCOc3ccccc3Cl)c2)S1. The summed E-state index contributed by atoms with van der Waals surface area (Å²) in [5.41, 5.74) is 6.38. The zero-order valence-electron chi connectivity index (χ0n) is 13.1. The Hall–Kier alpha value is -2.44. The molecule has 1 aliphatic rings. The summed E-state index contributed by atoms with van der Waals surface area (Å²) >= 11 is 7.18. The number of amides is 1. The molecule has 0 aromatic heterocycles. The monoisotopic (exact) mass is 374 g/mol. The maximum Gasteiger partial charge on any atom is 0.286 e. The molecule has 1 amide bonds. The van der Waals surface area contributed by atoms with E-state index in [1.165, 1.54) is 0 Å². The van der Waals surface area contributed by atoms with E-state index in [0.717, 1.165) is 17.3 Å². The van der Waals surface area contributed by atoms with Gasteiger partial charge in [0.15, 0.2) is 5.17 Å². The molecular weight excluding hydrogens is 360 g/mol. The smallest absolute Gasteiger partial charge is 0.286 e. The average molecular weight is 375 g/mol. The van der Waals surface area contributed by atoms with Crippen LogP contribution >= 0.6 is 23.4 Å². The lowest BCUT2D eigenvalue weighted by atomic mass is 10.2. The third-order valence-electron chi connectivity index (χ3n) is 3.24. The largest absolute Gasteiger partial charge is 0.490 e. The van der Waals surface area contributed by atoms with Crippen LogP contribution in [0.1, 0.15) is 5.56 Å². The first-order chi connectivity index (χ1) is 12.1. The third-order valence-corrected chi connectivity index (χ3v) is 4.36. The number of amidine groups is 1. The molecule has 2 aromatic rings. The molecule has 0 aliphatic carbocycles. The minimum Gasteiger partial charge on any atom is -0.490 e. The summed E-state index contributed by atoms with van der Waals surface area (Å²) in [5.74, 6) is 0.990. The molecule has 128 valence electrons. The van der Waals surface area contributed by atoms with Gasteiger partial charge < -0.3 is 15.2 Å². The maximum atomic E-state index is 11.6. The molecule has 2 aromatic carbocycles. The van der Waals surface area contributed by atoms with Gasteiger partial charge in [-0.3, -0.25) is 4.79 Å². The van der Waals surface area contributed by atoms with Gasteiger partial charge in [0, 0.05) is 0 Å². The summed E-state index contributed by atoms with van der Waals surface area (Å²) < 4.78 is 11.3. The average Bonchev–Trinajstić information content (AvgIpc) is 2.91. The minimum atomic E-state index is -0.318. The predicted molar refractivity (Wildman–Crippen MR) is 101 cm³/mol. The highest BCUT2D eigenvalue weighted by Gasteiger charge is 2.19. The van der Waals surface area contributed by atoms with E-state index in [-0.39, 0.29) is 11.1 Å². The Balaban J connectivity index is 1.55. The topological polar surface area (TPSA) is 73.9 Å². The summed E-state index contributed by atoms with van der Waals surface area (Å²) in [4.78, 5) is 15.8. The molecule has 0 spiro atoms. The number of carbonyl (C=O) groups is 1. The van der Waals surface area contributed by atoms with Gasteiger partial charge in [-0.05, 0) is 47.7 Å². The van der Waals surface area contributed by atoms with Crippen LogP contribution in [0, 0.1) is 0 Å². The van der Waals surface area contributed by atoms with Gasteiger partial charge >= 0.3 is 0 Å². The molecule has 0 saturated carbocycles. The summed E-state index contributed by atoms with van der Waals surface area (Å²) in [6.45, 7) is 0.739. The number of carbonyl (C=O) groups excluding carboxylic acids is 1. The van der Waals surface area contributed by atoms with Crippen molar-refractivity contribution in [2.75, 3.05) is 13.2 Å². The highest BCUT2D eigenvalue weighted by atomic mass is 35.5. The number of benzene rings is 2. The Morgan fingerprint density at radius 2 is 1.92 bits per heavy atom. The fraction of sp³-hybridized carbons (Fsp3) is 0.111. The summed E-state index contributed by atoms with van der Waals surface area (Å²) in [5, 5.41) is 0.830. The van der Waals surface area contributed by atoms with Crippen molar-refractivity contribution in [1.82, 2.24) is 0 Å². The number of ether oxygens (including phenoxy) is 2. The van der Waals surface area contributed by atoms with E-state index in [1.54, 1.807) is 18.2 Å². The minimum absolute atomic E-state index is 0.264. The van der Waals surface area contributed by atoms with Gasteiger partial charge in [-0.25, -0.2) is 0 Å². The molecule has 0 unspecified atom stereocenters.